The molecular weight excluding hydrogens is 290 g/mol. The van der Waals surface area contributed by atoms with Gasteiger partial charge in [0.1, 0.15) is 5.82 Å². The van der Waals surface area contributed by atoms with Gasteiger partial charge in [0.15, 0.2) is 0 Å². The summed E-state index contributed by atoms with van der Waals surface area (Å²) in [6.07, 6.45) is 2.16. The highest BCUT2D eigenvalue weighted by Gasteiger charge is 2.24. The number of aryl methyl sites for hydroxylation is 1. The third kappa shape index (κ3) is 2.34. The lowest BCUT2D eigenvalue weighted by Gasteiger charge is -2.12. The second-order valence-electron chi connectivity index (χ2n) is 6.47. The molecule has 1 aromatic carbocycles. The van der Waals surface area contributed by atoms with Gasteiger partial charge < -0.3 is 9.88 Å². The molecule has 6 heteroatoms. The van der Waals surface area contributed by atoms with Crippen LogP contribution in [0, 0.1) is 6.92 Å². The number of aromatic nitrogens is 4. The summed E-state index contributed by atoms with van der Waals surface area (Å²) in [5.41, 5.74) is 3.02. The monoisotopic (exact) mass is 309 g/mol. The molecule has 1 amide bonds. The first-order valence-corrected chi connectivity index (χ1v) is 8.00. The van der Waals surface area contributed by atoms with Gasteiger partial charge in [0, 0.05) is 23.0 Å². The maximum atomic E-state index is 12.3. The van der Waals surface area contributed by atoms with Crippen LogP contribution in [-0.4, -0.2) is 31.7 Å². The van der Waals surface area contributed by atoms with Gasteiger partial charge in [-0.25, -0.2) is 4.98 Å². The molecule has 1 saturated carbocycles. The highest BCUT2D eigenvalue weighted by molar-refractivity contribution is 6.05. The molecule has 4 rings (SSSR count). The lowest BCUT2D eigenvalue weighted by molar-refractivity contribution is 0.0951. The molecule has 2 heterocycles. The van der Waals surface area contributed by atoms with E-state index in [0.717, 1.165) is 35.1 Å². The number of amides is 1. The maximum absolute atomic E-state index is 12.3. The van der Waals surface area contributed by atoms with Crippen LogP contribution in [0.25, 0.3) is 22.1 Å². The number of hydrogen-bond donors (Lipinski definition) is 1. The van der Waals surface area contributed by atoms with Gasteiger partial charge in [-0.3, -0.25) is 4.79 Å². The van der Waals surface area contributed by atoms with Crippen molar-refractivity contribution in [2.45, 2.75) is 45.7 Å². The lowest BCUT2D eigenvalue weighted by Crippen LogP contribution is -2.25. The number of nitrogens with zero attached hydrogens (tertiary/aromatic N) is 4. The summed E-state index contributed by atoms with van der Waals surface area (Å²) < 4.78 is 2.15. The average Bonchev–Trinajstić information content (AvgIpc) is 3.25. The molecule has 0 radical (unpaired) electrons. The highest BCUT2D eigenvalue weighted by Crippen LogP contribution is 2.27. The molecule has 3 aromatic rings. The van der Waals surface area contributed by atoms with Crippen molar-refractivity contribution >= 4 is 28.0 Å². The molecule has 1 aliphatic rings. The van der Waals surface area contributed by atoms with Crippen molar-refractivity contribution in [2.75, 3.05) is 0 Å². The molecule has 0 bridgehead atoms. The SMILES string of the molecule is Cc1nc2nnc3ccc(C(=O)NC4CC4)cc3c2n1C(C)C. The fraction of sp³-hybridized carbons (Fsp3) is 0.412. The van der Waals surface area contributed by atoms with Crippen LogP contribution in [-0.2, 0) is 0 Å². The Morgan fingerprint density at radius 3 is 2.78 bits per heavy atom. The number of nitrogens with one attached hydrogen (secondary N) is 1. The molecule has 0 unspecified atom stereocenters. The van der Waals surface area contributed by atoms with E-state index in [1.54, 1.807) is 0 Å². The summed E-state index contributed by atoms with van der Waals surface area (Å²) in [5, 5.41) is 12.4. The van der Waals surface area contributed by atoms with E-state index in [2.05, 4.69) is 38.9 Å². The third-order valence-corrected chi connectivity index (χ3v) is 4.26. The predicted octanol–water partition coefficient (Wildman–Crippen LogP) is 2.76. The summed E-state index contributed by atoms with van der Waals surface area (Å²) in [6, 6.07) is 6.18. The Balaban J connectivity index is 1.93. The van der Waals surface area contributed by atoms with Gasteiger partial charge in [0.05, 0.1) is 11.0 Å². The average molecular weight is 309 g/mol. The Kier molecular flexibility index (Phi) is 3.07. The summed E-state index contributed by atoms with van der Waals surface area (Å²) in [7, 11) is 0. The van der Waals surface area contributed by atoms with Crippen molar-refractivity contribution in [2.24, 2.45) is 0 Å². The van der Waals surface area contributed by atoms with E-state index in [4.69, 9.17) is 0 Å². The smallest absolute Gasteiger partial charge is 0.251 e. The molecule has 1 aliphatic carbocycles. The minimum absolute atomic E-state index is 0.0216. The van der Waals surface area contributed by atoms with Crippen molar-refractivity contribution in [3.8, 4) is 0 Å². The van der Waals surface area contributed by atoms with Crippen LogP contribution in [0.5, 0.6) is 0 Å². The third-order valence-electron chi connectivity index (χ3n) is 4.26. The van der Waals surface area contributed by atoms with Gasteiger partial charge in [0.2, 0.25) is 5.65 Å². The predicted molar refractivity (Wildman–Crippen MR) is 88.4 cm³/mol. The highest BCUT2D eigenvalue weighted by atomic mass is 16.1. The minimum Gasteiger partial charge on any atom is -0.349 e. The van der Waals surface area contributed by atoms with E-state index in [1.807, 2.05) is 25.1 Å². The van der Waals surface area contributed by atoms with Gasteiger partial charge >= 0.3 is 0 Å². The van der Waals surface area contributed by atoms with Crippen LogP contribution in [0.15, 0.2) is 18.2 Å². The van der Waals surface area contributed by atoms with Crippen LogP contribution < -0.4 is 5.32 Å². The topological polar surface area (TPSA) is 72.7 Å². The number of benzene rings is 1. The molecule has 1 fully saturated rings. The first-order valence-electron chi connectivity index (χ1n) is 8.00. The standard InChI is InChI=1S/C17H19N5O/c1-9(2)22-10(3)18-16-15(22)13-8-11(4-7-14(13)20-21-16)17(23)19-12-5-6-12/h4,7-9,12H,5-6H2,1-3H3,(H,19,23). The number of carbonyl (C=O) groups excluding carboxylic acids is 1. The second-order valence-corrected chi connectivity index (χ2v) is 6.47. The van der Waals surface area contributed by atoms with Gasteiger partial charge in [-0.05, 0) is 51.8 Å². The molecule has 0 saturated heterocycles. The van der Waals surface area contributed by atoms with Gasteiger partial charge in [-0.15, -0.1) is 10.2 Å². The quantitative estimate of drug-likeness (QED) is 0.807. The number of hydrogen-bond acceptors (Lipinski definition) is 4. The fourth-order valence-corrected chi connectivity index (χ4v) is 3.03. The summed E-state index contributed by atoms with van der Waals surface area (Å²) in [4.78, 5) is 16.8. The lowest BCUT2D eigenvalue weighted by atomic mass is 10.1. The molecular formula is C17H19N5O. The Labute approximate surface area is 133 Å². The van der Waals surface area contributed by atoms with Gasteiger partial charge in [-0.1, -0.05) is 0 Å². The largest absolute Gasteiger partial charge is 0.349 e. The molecule has 0 spiro atoms. The molecule has 0 aliphatic heterocycles. The maximum Gasteiger partial charge on any atom is 0.251 e. The number of fused-ring (bicyclic) bond motifs is 3. The van der Waals surface area contributed by atoms with Crippen molar-refractivity contribution in [3.63, 3.8) is 0 Å². The van der Waals surface area contributed by atoms with Crippen LogP contribution in [0.1, 0.15) is 48.9 Å². The molecule has 1 N–H and O–H groups in total. The zero-order valence-corrected chi connectivity index (χ0v) is 13.5. The normalized spacial score (nSPS) is 14.8. The van der Waals surface area contributed by atoms with E-state index in [9.17, 15) is 4.79 Å². The first-order chi connectivity index (χ1) is 11.0. The summed E-state index contributed by atoms with van der Waals surface area (Å²) in [6.45, 7) is 6.20. The molecule has 2 aromatic heterocycles. The Hall–Kier alpha value is -2.50. The van der Waals surface area contributed by atoms with Crippen molar-refractivity contribution in [1.82, 2.24) is 25.1 Å². The van der Waals surface area contributed by atoms with Crippen LogP contribution >= 0.6 is 0 Å². The summed E-state index contributed by atoms with van der Waals surface area (Å²) in [5.74, 6) is 0.885. The Morgan fingerprint density at radius 2 is 2.09 bits per heavy atom. The molecule has 6 nitrogen and oxygen atoms in total. The van der Waals surface area contributed by atoms with Crippen molar-refractivity contribution in [3.05, 3.63) is 29.6 Å². The van der Waals surface area contributed by atoms with Gasteiger partial charge in [-0.2, -0.15) is 0 Å². The van der Waals surface area contributed by atoms with Crippen molar-refractivity contribution in [1.29, 1.82) is 0 Å². The van der Waals surface area contributed by atoms with Crippen LogP contribution in [0.3, 0.4) is 0 Å². The number of rotatable bonds is 3. The van der Waals surface area contributed by atoms with Crippen LogP contribution in [0.2, 0.25) is 0 Å². The number of imidazole rings is 1. The Morgan fingerprint density at radius 1 is 1.30 bits per heavy atom. The van der Waals surface area contributed by atoms with Crippen LogP contribution in [0.4, 0.5) is 0 Å². The minimum atomic E-state index is -0.0216. The first kappa shape index (κ1) is 14.1. The van der Waals surface area contributed by atoms with E-state index in [-0.39, 0.29) is 11.9 Å². The molecule has 23 heavy (non-hydrogen) atoms. The van der Waals surface area contributed by atoms with E-state index < -0.39 is 0 Å². The molecule has 0 atom stereocenters. The van der Waals surface area contributed by atoms with E-state index >= 15 is 0 Å². The summed E-state index contributed by atoms with van der Waals surface area (Å²) >= 11 is 0. The fourth-order valence-electron chi connectivity index (χ4n) is 3.03. The molecule has 118 valence electrons. The van der Waals surface area contributed by atoms with Crippen molar-refractivity contribution < 1.29 is 4.79 Å². The Bertz CT molecular complexity index is 924. The second kappa shape index (κ2) is 5.01. The van der Waals surface area contributed by atoms with Gasteiger partial charge in [0.25, 0.3) is 5.91 Å². The van der Waals surface area contributed by atoms with E-state index in [0.29, 0.717) is 17.3 Å². The zero-order valence-electron chi connectivity index (χ0n) is 13.5. The number of carbonyl (C=O) groups is 1. The van der Waals surface area contributed by atoms with E-state index in [1.165, 1.54) is 0 Å². The zero-order chi connectivity index (χ0) is 16.1.